The minimum atomic E-state index is -4.28. The van der Waals surface area contributed by atoms with Crippen molar-refractivity contribution in [2.45, 2.75) is 31.9 Å². The zero-order valence-electron chi connectivity index (χ0n) is 7.93. The molecule has 1 rings (SSSR count). The smallest absolute Gasteiger partial charge is 0.392 e. The number of ether oxygens (including phenoxy) is 1. The van der Waals surface area contributed by atoms with Gasteiger partial charge in [-0.25, -0.2) is 0 Å². The average molecular weight is 210 g/mol. The summed E-state index contributed by atoms with van der Waals surface area (Å²) in [6.45, 7) is 0. The lowest BCUT2D eigenvalue weighted by atomic mass is 9.79. The molecule has 0 bridgehead atoms. The fourth-order valence-corrected chi connectivity index (χ4v) is 1.96. The number of hydrogen-bond donors (Lipinski definition) is 0. The van der Waals surface area contributed by atoms with Crippen LogP contribution < -0.4 is 0 Å². The van der Waals surface area contributed by atoms with Gasteiger partial charge in [0.2, 0.25) is 0 Å². The molecule has 2 nitrogen and oxygen atoms in total. The minimum absolute atomic E-state index is 0.0449. The lowest BCUT2D eigenvalue weighted by Crippen LogP contribution is -2.37. The summed E-state index contributed by atoms with van der Waals surface area (Å²) in [6.07, 6.45) is -2.73. The second-order valence-electron chi connectivity index (χ2n) is 3.56. The highest BCUT2D eigenvalue weighted by Crippen LogP contribution is 2.41. The van der Waals surface area contributed by atoms with Crippen molar-refractivity contribution < 1.29 is 22.7 Å². The number of carbonyl (C=O) groups excluding carboxylic acids is 1. The van der Waals surface area contributed by atoms with Gasteiger partial charge in [-0.3, -0.25) is 4.79 Å². The Labute approximate surface area is 80.4 Å². The number of esters is 1. The second-order valence-corrected chi connectivity index (χ2v) is 3.56. The maximum Gasteiger partial charge on any atom is 0.392 e. The molecule has 2 atom stereocenters. The van der Waals surface area contributed by atoms with Crippen LogP contribution in [-0.2, 0) is 9.53 Å². The molecule has 0 radical (unpaired) electrons. The molecule has 0 aliphatic heterocycles. The second kappa shape index (κ2) is 4.19. The molecule has 0 spiro atoms. The van der Waals surface area contributed by atoms with Crippen LogP contribution in [0.3, 0.4) is 0 Å². The zero-order chi connectivity index (χ0) is 10.8. The van der Waals surface area contributed by atoms with Gasteiger partial charge in [-0.1, -0.05) is 12.8 Å². The van der Waals surface area contributed by atoms with Crippen LogP contribution in [0.2, 0.25) is 0 Å². The SMILES string of the molecule is COC(=O)[C@@H]1CCCC[C@@H]1C(F)(F)F. The first kappa shape index (κ1) is 11.3. The van der Waals surface area contributed by atoms with Crippen molar-refractivity contribution >= 4 is 5.97 Å². The molecule has 0 heterocycles. The summed E-state index contributed by atoms with van der Waals surface area (Å²) in [4.78, 5) is 11.1. The van der Waals surface area contributed by atoms with Crippen molar-refractivity contribution in [3.8, 4) is 0 Å². The predicted molar refractivity (Wildman–Crippen MR) is 43.5 cm³/mol. The van der Waals surface area contributed by atoms with Crippen molar-refractivity contribution in [2.75, 3.05) is 7.11 Å². The molecule has 0 amide bonds. The lowest BCUT2D eigenvalue weighted by molar-refractivity contribution is -0.204. The van der Waals surface area contributed by atoms with Crippen molar-refractivity contribution in [2.24, 2.45) is 11.8 Å². The molecule has 1 saturated carbocycles. The number of methoxy groups -OCH3 is 1. The van der Waals surface area contributed by atoms with Crippen LogP contribution >= 0.6 is 0 Å². The van der Waals surface area contributed by atoms with E-state index in [9.17, 15) is 18.0 Å². The summed E-state index contributed by atoms with van der Waals surface area (Å²) in [5.41, 5.74) is 0. The number of hydrogen-bond acceptors (Lipinski definition) is 2. The molecule has 0 saturated heterocycles. The third-order valence-electron chi connectivity index (χ3n) is 2.69. The van der Waals surface area contributed by atoms with E-state index < -0.39 is 24.0 Å². The zero-order valence-corrected chi connectivity index (χ0v) is 7.93. The van der Waals surface area contributed by atoms with Crippen LogP contribution in [0.4, 0.5) is 13.2 Å². The molecule has 14 heavy (non-hydrogen) atoms. The Morgan fingerprint density at radius 1 is 1.29 bits per heavy atom. The standard InChI is InChI=1S/C9H13F3O2/c1-14-8(13)6-4-2-3-5-7(6)9(10,11)12/h6-7H,2-5H2,1H3/t6-,7+/m1/s1. The molecular formula is C9H13F3O2. The quantitative estimate of drug-likeness (QED) is 0.621. The van der Waals surface area contributed by atoms with E-state index in [0.717, 1.165) is 7.11 Å². The fourth-order valence-electron chi connectivity index (χ4n) is 1.96. The van der Waals surface area contributed by atoms with Crippen molar-refractivity contribution in [3.05, 3.63) is 0 Å². The third-order valence-corrected chi connectivity index (χ3v) is 2.69. The molecule has 1 aliphatic rings. The molecular weight excluding hydrogens is 197 g/mol. The molecule has 0 aromatic heterocycles. The molecule has 0 N–H and O–H groups in total. The number of rotatable bonds is 1. The van der Waals surface area contributed by atoms with Gasteiger partial charge >= 0.3 is 12.1 Å². The highest BCUT2D eigenvalue weighted by atomic mass is 19.4. The summed E-state index contributed by atoms with van der Waals surface area (Å²) in [7, 11) is 1.13. The number of carbonyl (C=O) groups is 1. The van der Waals surface area contributed by atoms with Gasteiger partial charge in [-0.05, 0) is 12.8 Å². The van der Waals surface area contributed by atoms with E-state index in [1.807, 2.05) is 0 Å². The lowest BCUT2D eigenvalue weighted by Gasteiger charge is -2.30. The van der Waals surface area contributed by atoms with Gasteiger partial charge in [-0.2, -0.15) is 13.2 Å². The van der Waals surface area contributed by atoms with Crippen LogP contribution in [0.15, 0.2) is 0 Å². The predicted octanol–water partition coefficient (Wildman–Crippen LogP) is 2.53. The van der Waals surface area contributed by atoms with E-state index in [2.05, 4.69) is 4.74 Å². The molecule has 0 aromatic carbocycles. The van der Waals surface area contributed by atoms with E-state index in [-0.39, 0.29) is 12.8 Å². The Balaban J connectivity index is 2.74. The van der Waals surface area contributed by atoms with E-state index >= 15 is 0 Å². The molecule has 5 heteroatoms. The third kappa shape index (κ3) is 2.39. The van der Waals surface area contributed by atoms with E-state index in [4.69, 9.17) is 0 Å². The topological polar surface area (TPSA) is 26.3 Å². The van der Waals surface area contributed by atoms with Crippen molar-refractivity contribution in [3.63, 3.8) is 0 Å². The first-order chi connectivity index (χ1) is 6.46. The van der Waals surface area contributed by atoms with Gasteiger partial charge in [0, 0.05) is 0 Å². The van der Waals surface area contributed by atoms with Crippen LogP contribution in [0.5, 0.6) is 0 Å². The first-order valence-electron chi connectivity index (χ1n) is 4.61. The number of halogens is 3. The summed E-state index contributed by atoms with van der Waals surface area (Å²) in [5.74, 6) is -3.23. The molecule has 0 unspecified atom stereocenters. The normalized spacial score (nSPS) is 28.6. The van der Waals surface area contributed by atoms with Gasteiger partial charge in [0.05, 0.1) is 18.9 Å². The van der Waals surface area contributed by atoms with Gasteiger partial charge in [0.25, 0.3) is 0 Å². The van der Waals surface area contributed by atoms with Gasteiger partial charge in [0.1, 0.15) is 0 Å². The van der Waals surface area contributed by atoms with E-state index in [0.29, 0.717) is 12.8 Å². The Morgan fingerprint density at radius 2 is 1.86 bits per heavy atom. The Morgan fingerprint density at radius 3 is 2.36 bits per heavy atom. The highest BCUT2D eigenvalue weighted by Gasteiger charge is 2.48. The van der Waals surface area contributed by atoms with Gasteiger partial charge < -0.3 is 4.74 Å². The van der Waals surface area contributed by atoms with E-state index in [1.165, 1.54) is 0 Å². The summed E-state index contributed by atoms with van der Waals surface area (Å²) in [5, 5.41) is 0. The summed E-state index contributed by atoms with van der Waals surface area (Å²) < 4.78 is 41.8. The van der Waals surface area contributed by atoms with Gasteiger partial charge in [-0.15, -0.1) is 0 Å². The maximum absolute atomic E-state index is 12.5. The molecule has 1 fully saturated rings. The largest absolute Gasteiger partial charge is 0.469 e. The van der Waals surface area contributed by atoms with Crippen LogP contribution in [0, 0.1) is 11.8 Å². The van der Waals surface area contributed by atoms with E-state index in [1.54, 1.807) is 0 Å². The number of alkyl halides is 3. The summed E-state index contributed by atoms with van der Waals surface area (Å²) >= 11 is 0. The van der Waals surface area contributed by atoms with Crippen molar-refractivity contribution in [1.82, 2.24) is 0 Å². The van der Waals surface area contributed by atoms with Crippen LogP contribution in [0.1, 0.15) is 25.7 Å². The van der Waals surface area contributed by atoms with Crippen molar-refractivity contribution in [1.29, 1.82) is 0 Å². The maximum atomic E-state index is 12.5. The molecule has 1 aliphatic carbocycles. The fraction of sp³-hybridized carbons (Fsp3) is 0.889. The Kier molecular flexibility index (Phi) is 3.39. The first-order valence-corrected chi connectivity index (χ1v) is 4.61. The Bertz CT molecular complexity index is 213. The molecule has 82 valence electrons. The minimum Gasteiger partial charge on any atom is -0.469 e. The van der Waals surface area contributed by atoms with Gasteiger partial charge in [0.15, 0.2) is 0 Å². The highest BCUT2D eigenvalue weighted by molar-refractivity contribution is 5.72. The molecule has 0 aromatic rings. The van der Waals surface area contributed by atoms with Crippen LogP contribution in [0.25, 0.3) is 0 Å². The van der Waals surface area contributed by atoms with Crippen LogP contribution in [-0.4, -0.2) is 19.3 Å². The Hall–Kier alpha value is -0.740. The monoisotopic (exact) mass is 210 g/mol. The summed E-state index contributed by atoms with van der Waals surface area (Å²) in [6, 6.07) is 0. The average Bonchev–Trinajstić information content (AvgIpc) is 2.15.